The SMILES string of the molecule is c1ccc2c(OC3CNC3)snc2c1. The molecule has 1 aromatic carbocycles. The largest absolute Gasteiger partial charge is 0.476 e. The van der Waals surface area contributed by atoms with Crippen LogP contribution >= 0.6 is 11.5 Å². The Morgan fingerprint density at radius 3 is 3.00 bits per heavy atom. The maximum absolute atomic E-state index is 5.80. The molecule has 0 radical (unpaired) electrons. The third-order valence-electron chi connectivity index (χ3n) is 2.37. The van der Waals surface area contributed by atoms with E-state index in [4.69, 9.17) is 4.74 Å². The van der Waals surface area contributed by atoms with E-state index < -0.39 is 0 Å². The summed E-state index contributed by atoms with van der Waals surface area (Å²) in [5.41, 5.74) is 1.03. The van der Waals surface area contributed by atoms with Gasteiger partial charge in [0.25, 0.3) is 0 Å². The highest BCUT2D eigenvalue weighted by Gasteiger charge is 2.20. The van der Waals surface area contributed by atoms with Crippen molar-refractivity contribution in [1.82, 2.24) is 9.69 Å². The van der Waals surface area contributed by atoms with Gasteiger partial charge < -0.3 is 10.1 Å². The standard InChI is InChI=1S/C10H10N2OS/c1-2-4-9-8(3-1)10(14-12-9)13-7-5-11-6-7/h1-4,7,11H,5-6H2. The normalized spacial score (nSPS) is 16.9. The van der Waals surface area contributed by atoms with E-state index in [2.05, 4.69) is 15.8 Å². The molecule has 0 amide bonds. The first-order valence-corrected chi connectivity index (χ1v) is 5.42. The number of hydrogen-bond acceptors (Lipinski definition) is 4. The van der Waals surface area contributed by atoms with Gasteiger partial charge in [-0.2, -0.15) is 4.37 Å². The summed E-state index contributed by atoms with van der Waals surface area (Å²) in [6, 6.07) is 8.08. The number of nitrogens with one attached hydrogen (secondary N) is 1. The number of benzene rings is 1. The lowest BCUT2D eigenvalue weighted by Gasteiger charge is -2.26. The van der Waals surface area contributed by atoms with Crippen LogP contribution in [0.3, 0.4) is 0 Å². The Morgan fingerprint density at radius 2 is 2.21 bits per heavy atom. The molecular weight excluding hydrogens is 196 g/mol. The third kappa shape index (κ3) is 1.27. The van der Waals surface area contributed by atoms with Crippen molar-refractivity contribution in [3.8, 4) is 5.06 Å². The van der Waals surface area contributed by atoms with E-state index in [0.717, 1.165) is 29.1 Å². The van der Waals surface area contributed by atoms with Crippen molar-refractivity contribution < 1.29 is 4.74 Å². The van der Waals surface area contributed by atoms with Gasteiger partial charge in [-0.25, -0.2) is 0 Å². The Hall–Kier alpha value is -1.13. The lowest BCUT2D eigenvalue weighted by molar-refractivity contribution is 0.149. The van der Waals surface area contributed by atoms with Crippen LogP contribution in [0, 0.1) is 0 Å². The van der Waals surface area contributed by atoms with Crippen LogP contribution in [0.2, 0.25) is 0 Å². The Balaban J connectivity index is 1.95. The van der Waals surface area contributed by atoms with Crippen LogP contribution in [0.15, 0.2) is 24.3 Å². The van der Waals surface area contributed by atoms with E-state index in [1.165, 1.54) is 11.5 Å². The maximum atomic E-state index is 5.80. The minimum Gasteiger partial charge on any atom is -0.476 e. The second-order valence-corrected chi connectivity index (χ2v) is 4.12. The number of fused-ring (bicyclic) bond motifs is 1. The van der Waals surface area contributed by atoms with Crippen molar-refractivity contribution >= 4 is 22.4 Å². The molecule has 0 aliphatic carbocycles. The molecule has 72 valence electrons. The first-order chi connectivity index (χ1) is 6.93. The molecule has 0 saturated carbocycles. The highest BCUT2D eigenvalue weighted by molar-refractivity contribution is 7.09. The Kier molecular flexibility index (Phi) is 1.89. The zero-order chi connectivity index (χ0) is 9.38. The molecule has 2 heterocycles. The van der Waals surface area contributed by atoms with Gasteiger partial charge in [0, 0.05) is 24.6 Å². The van der Waals surface area contributed by atoms with E-state index >= 15 is 0 Å². The minimum absolute atomic E-state index is 0.332. The molecule has 3 nitrogen and oxygen atoms in total. The Bertz CT molecular complexity index is 450. The molecule has 3 rings (SSSR count). The number of hydrogen-bond donors (Lipinski definition) is 1. The average molecular weight is 206 g/mol. The van der Waals surface area contributed by atoms with Crippen LogP contribution in [-0.4, -0.2) is 23.6 Å². The quantitative estimate of drug-likeness (QED) is 0.811. The van der Waals surface area contributed by atoms with Crippen molar-refractivity contribution in [2.24, 2.45) is 0 Å². The zero-order valence-corrected chi connectivity index (χ0v) is 8.38. The van der Waals surface area contributed by atoms with Crippen LogP contribution in [0.1, 0.15) is 0 Å². The Morgan fingerprint density at radius 1 is 1.36 bits per heavy atom. The van der Waals surface area contributed by atoms with Crippen molar-refractivity contribution in [3.63, 3.8) is 0 Å². The smallest absolute Gasteiger partial charge is 0.201 e. The van der Waals surface area contributed by atoms with E-state index in [9.17, 15) is 0 Å². The highest BCUT2D eigenvalue weighted by atomic mass is 32.1. The lowest BCUT2D eigenvalue weighted by Crippen LogP contribution is -2.50. The summed E-state index contributed by atoms with van der Waals surface area (Å²) in [5, 5.41) is 5.26. The molecular formula is C10H10N2OS. The third-order valence-corrected chi connectivity index (χ3v) is 3.14. The summed E-state index contributed by atoms with van der Waals surface area (Å²) in [6.45, 7) is 1.90. The highest BCUT2D eigenvalue weighted by Crippen LogP contribution is 2.30. The van der Waals surface area contributed by atoms with Gasteiger partial charge in [0.05, 0.1) is 10.9 Å². The zero-order valence-electron chi connectivity index (χ0n) is 7.56. The second kappa shape index (κ2) is 3.22. The maximum Gasteiger partial charge on any atom is 0.201 e. The van der Waals surface area contributed by atoms with Crippen molar-refractivity contribution in [2.45, 2.75) is 6.10 Å². The van der Waals surface area contributed by atoms with E-state index in [1.807, 2.05) is 18.2 Å². The molecule has 1 aliphatic heterocycles. The fourth-order valence-corrected chi connectivity index (χ4v) is 2.24. The van der Waals surface area contributed by atoms with E-state index in [1.54, 1.807) is 0 Å². The first-order valence-electron chi connectivity index (χ1n) is 4.65. The summed E-state index contributed by atoms with van der Waals surface area (Å²) >= 11 is 1.44. The topological polar surface area (TPSA) is 34.1 Å². The molecule has 1 aliphatic rings. The number of aromatic nitrogens is 1. The monoisotopic (exact) mass is 206 g/mol. The fraction of sp³-hybridized carbons (Fsp3) is 0.300. The summed E-state index contributed by atoms with van der Waals surface area (Å²) in [5.74, 6) is 0. The summed E-state index contributed by atoms with van der Waals surface area (Å²) < 4.78 is 10.1. The average Bonchev–Trinajstić information content (AvgIpc) is 2.55. The summed E-state index contributed by atoms with van der Waals surface area (Å²) in [7, 11) is 0. The predicted molar refractivity (Wildman–Crippen MR) is 56.9 cm³/mol. The molecule has 4 heteroatoms. The minimum atomic E-state index is 0.332. The second-order valence-electron chi connectivity index (χ2n) is 3.39. The molecule has 0 unspecified atom stereocenters. The molecule has 2 aromatic rings. The molecule has 0 bridgehead atoms. The molecule has 1 saturated heterocycles. The van der Waals surface area contributed by atoms with Crippen LogP contribution < -0.4 is 10.1 Å². The van der Waals surface area contributed by atoms with Gasteiger partial charge in [-0.05, 0) is 12.1 Å². The predicted octanol–water partition coefficient (Wildman–Crippen LogP) is 1.65. The van der Waals surface area contributed by atoms with Crippen LogP contribution in [-0.2, 0) is 0 Å². The molecule has 1 N–H and O–H groups in total. The Labute approximate surface area is 85.9 Å². The van der Waals surface area contributed by atoms with E-state index in [-0.39, 0.29) is 0 Å². The molecule has 14 heavy (non-hydrogen) atoms. The molecule has 1 aromatic heterocycles. The summed E-state index contributed by atoms with van der Waals surface area (Å²) in [6.07, 6.45) is 0.332. The van der Waals surface area contributed by atoms with Gasteiger partial charge in [-0.3, -0.25) is 0 Å². The molecule has 0 atom stereocenters. The number of nitrogens with zero attached hydrogens (tertiary/aromatic N) is 1. The van der Waals surface area contributed by atoms with Gasteiger partial charge in [-0.15, -0.1) is 0 Å². The number of ether oxygens (including phenoxy) is 1. The first kappa shape index (κ1) is 8.20. The van der Waals surface area contributed by atoms with Crippen molar-refractivity contribution in [3.05, 3.63) is 24.3 Å². The van der Waals surface area contributed by atoms with Gasteiger partial charge in [0.2, 0.25) is 5.06 Å². The summed E-state index contributed by atoms with van der Waals surface area (Å²) in [4.78, 5) is 0. The molecule has 1 fully saturated rings. The van der Waals surface area contributed by atoms with Crippen molar-refractivity contribution in [2.75, 3.05) is 13.1 Å². The molecule has 0 spiro atoms. The van der Waals surface area contributed by atoms with Crippen LogP contribution in [0.25, 0.3) is 10.9 Å². The van der Waals surface area contributed by atoms with Gasteiger partial charge in [-0.1, -0.05) is 12.1 Å². The van der Waals surface area contributed by atoms with Gasteiger partial charge >= 0.3 is 0 Å². The lowest BCUT2D eigenvalue weighted by atomic mass is 10.2. The number of rotatable bonds is 2. The van der Waals surface area contributed by atoms with Gasteiger partial charge in [0.1, 0.15) is 6.10 Å². The fourth-order valence-electron chi connectivity index (χ4n) is 1.45. The van der Waals surface area contributed by atoms with Crippen LogP contribution in [0.4, 0.5) is 0 Å². The van der Waals surface area contributed by atoms with Gasteiger partial charge in [0.15, 0.2) is 0 Å². The van der Waals surface area contributed by atoms with Crippen molar-refractivity contribution in [1.29, 1.82) is 0 Å². The van der Waals surface area contributed by atoms with E-state index in [0.29, 0.717) is 6.10 Å². The van der Waals surface area contributed by atoms with Crippen LogP contribution in [0.5, 0.6) is 5.06 Å².